The highest BCUT2D eigenvalue weighted by Gasteiger charge is 2.03. The van der Waals surface area contributed by atoms with Crippen molar-refractivity contribution >= 4 is 11.8 Å². The van der Waals surface area contributed by atoms with Crippen LogP contribution in [0.15, 0.2) is 29.4 Å². The summed E-state index contributed by atoms with van der Waals surface area (Å²) in [6.45, 7) is 0. The molecule has 1 heterocycles. The summed E-state index contributed by atoms with van der Waals surface area (Å²) in [6, 6.07) is 7.97. The highest BCUT2D eigenvalue weighted by atomic mass is 32.2. The molecular formula is C10H12N4OS. The number of hydrogen-bond donors (Lipinski definition) is 0. The fourth-order valence-corrected chi connectivity index (χ4v) is 2.05. The van der Waals surface area contributed by atoms with Crippen LogP contribution < -0.4 is 4.74 Å². The zero-order valence-corrected chi connectivity index (χ0v) is 9.94. The standard InChI is InChI=1S/C10H12N4OS/c1-14-10(11-12-13-14)16-7-8-4-3-5-9(6-8)15-2/h3-6H,7H2,1-2H3. The minimum Gasteiger partial charge on any atom is -0.497 e. The molecule has 0 unspecified atom stereocenters. The molecule has 6 heteroatoms. The second-order valence-corrected chi connectivity index (χ2v) is 4.17. The Balaban J connectivity index is 2.02. The molecule has 0 bridgehead atoms. The molecule has 0 spiro atoms. The van der Waals surface area contributed by atoms with E-state index in [9.17, 15) is 0 Å². The molecule has 0 aliphatic rings. The number of rotatable bonds is 4. The van der Waals surface area contributed by atoms with Crippen molar-refractivity contribution in [3.63, 3.8) is 0 Å². The second-order valence-electron chi connectivity index (χ2n) is 3.23. The number of aromatic nitrogens is 4. The van der Waals surface area contributed by atoms with Crippen LogP contribution in [0.3, 0.4) is 0 Å². The molecule has 2 rings (SSSR count). The van der Waals surface area contributed by atoms with Crippen molar-refractivity contribution in [2.75, 3.05) is 7.11 Å². The first-order chi connectivity index (χ1) is 7.79. The van der Waals surface area contributed by atoms with Crippen LogP contribution in [0.2, 0.25) is 0 Å². The van der Waals surface area contributed by atoms with Gasteiger partial charge in [-0.25, -0.2) is 4.68 Å². The van der Waals surface area contributed by atoms with Crippen molar-refractivity contribution in [2.45, 2.75) is 10.9 Å². The number of tetrazole rings is 1. The van der Waals surface area contributed by atoms with E-state index in [-0.39, 0.29) is 0 Å². The van der Waals surface area contributed by atoms with Crippen molar-refractivity contribution < 1.29 is 4.74 Å². The lowest BCUT2D eigenvalue weighted by Gasteiger charge is -2.03. The average molecular weight is 236 g/mol. The number of thioether (sulfide) groups is 1. The van der Waals surface area contributed by atoms with Crippen molar-refractivity contribution in [1.29, 1.82) is 0 Å². The number of hydrogen-bond acceptors (Lipinski definition) is 5. The van der Waals surface area contributed by atoms with Gasteiger partial charge in [0, 0.05) is 12.8 Å². The van der Waals surface area contributed by atoms with E-state index in [1.807, 2.05) is 25.2 Å². The monoisotopic (exact) mass is 236 g/mol. The van der Waals surface area contributed by atoms with Gasteiger partial charge in [0.15, 0.2) is 0 Å². The van der Waals surface area contributed by atoms with Crippen LogP contribution in [-0.4, -0.2) is 27.3 Å². The van der Waals surface area contributed by atoms with Gasteiger partial charge in [0.2, 0.25) is 5.16 Å². The molecule has 0 saturated heterocycles. The molecule has 1 aromatic heterocycles. The smallest absolute Gasteiger partial charge is 0.209 e. The van der Waals surface area contributed by atoms with Gasteiger partial charge in [-0.2, -0.15) is 0 Å². The molecule has 0 N–H and O–H groups in total. The minimum atomic E-state index is 0.808. The van der Waals surface area contributed by atoms with E-state index in [4.69, 9.17) is 4.74 Å². The molecule has 0 amide bonds. The van der Waals surface area contributed by atoms with E-state index in [0.29, 0.717) is 0 Å². The van der Waals surface area contributed by atoms with Crippen LogP contribution in [0.1, 0.15) is 5.56 Å². The summed E-state index contributed by atoms with van der Waals surface area (Å²) in [7, 11) is 3.49. The molecule has 0 atom stereocenters. The van der Waals surface area contributed by atoms with Gasteiger partial charge < -0.3 is 4.74 Å². The van der Waals surface area contributed by atoms with Gasteiger partial charge >= 0.3 is 0 Å². The maximum absolute atomic E-state index is 5.16. The van der Waals surface area contributed by atoms with Crippen molar-refractivity contribution in [3.8, 4) is 5.75 Å². The molecular weight excluding hydrogens is 224 g/mol. The van der Waals surface area contributed by atoms with Crippen LogP contribution in [-0.2, 0) is 12.8 Å². The largest absolute Gasteiger partial charge is 0.497 e. The van der Waals surface area contributed by atoms with Crippen LogP contribution in [0.25, 0.3) is 0 Å². The third kappa shape index (κ3) is 2.52. The Morgan fingerprint density at radius 1 is 1.44 bits per heavy atom. The SMILES string of the molecule is COc1cccc(CSc2nnnn2C)c1. The maximum atomic E-state index is 5.16. The summed E-state index contributed by atoms with van der Waals surface area (Å²) in [6.07, 6.45) is 0. The third-order valence-electron chi connectivity index (χ3n) is 2.08. The minimum absolute atomic E-state index is 0.808. The van der Waals surface area contributed by atoms with Gasteiger partial charge in [0.05, 0.1) is 7.11 Å². The molecule has 84 valence electrons. The highest BCUT2D eigenvalue weighted by Crippen LogP contribution is 2.21. The van der Waals surface area contributed by atoms with E-state index in [1.54, 1.807) is 23.6 Å². The molecule has 0 fully saturated rings. The molecule has 5 nitrogen and oxygen atoms in total. The van der Waals surface area contributed by atoms with Gasteiger partial charge in [-0.05, 0) is 28.1 Å². The number of benzene rings is 1. The summed E-state index contributed by atoms with van der Waals surface area (Å²) in [4.78, 5) is 0. The van der Waals surface area contributed by atoms with E-state index in [1.165, 1.54) is 5.56 Å². The summed E-state index contributed by atoms with van der Waals surface area (Å²) < 4.78 is 6.82. The molecule has 0 aliphatic carbocycles. The van der Waals surface area contributed by atoms with Gasteiger partial charge in [-0.15, -0.1) is 5.10 Å². The fourth-order valence-electron chi connectivity index (χ4n) is 1.25. The Morgan fingerprint density at radius 2 is 2.31 bits per heavy atom. The molecule has 0 saturated carbocycles. The van der Waals surface area contributed by atoms with Crippen molar-refractivity contribution in [3.05, 3.63) is 29.8 Å². The lowest BCUT2D eigenvalue weighted by molar-refractivity contribution is 0.414. The third-order valence-corrected chi connectivity index (χ3v) is 3.17. The van der Waals surface area contributed by atoms with Crippen LogP contribution in [0, 0.1) is 0 Å². The topological polar surface area (TPSA) is 52.8 Å². The number of ether oxygens (including phenoxy) is 1. The van der Waals surface area contributed by atoms with Crippen LogP contribution >= 0.6 is 11.8 Å². The Hall–Kier alpha value is -1.56. The normalized spacial score (nSPS) is 10.4. The summed E-state index contributed by atoms with van der Waals surface area (Å²) in [5.41, 5.74) is 1.19. The van der Waals surface area contributed by atoms with Gasteiger partial charge in [0.1, 0.15) is 5.75 Å². The van der Waals surface area contributed by atoms with Crippen molar-refractivity contribution in [1.82, 2.24) is 20.2 Å². The lowest BCUT2D eigenvalue weighted by atomic mass is 10.2. The quantitative estimate of drug-likeness (QED) is 0.753. The van der Waals surface area contributed by atoms with E-state index in [2.05, 4.69) is 21.6 Å². The van der Waals surface area contributed by atoms with E-state index in [0.717, 1.165) is 16.7 Å². The maximum Gasteiger partial charge on any atom is 0.209 e. The van der Waals surface area contributed by atoms with Crippen LogP contribution in [0.4, 0.5) is 0 Å². The first kappa shape index (κ1) is 10.9. The zero-order chi connectivity index (χ0) is 11.4. The number of methoxy groups -OCH3 is 1. The predicted octanol–water partition coefficient (Wildman–Crippen LogP) is 1.51. The first-order valence-corrected chi connectivity index (χ1v) is 5.76. The summed E-state index contributed by atoms with van der Waals surface area (Å²) >= 11 is 1.60. The summed E-state index contributed by atoms with van der Waals surface area (Å²) in [5.74, 6) is 1.69. The van der Waals surface area contributed by atoms with Gasteiger partial charge in [0.25, 0.3) is 0 Å². The Kier molecular flexibility index (Phi) is 3.40. The second kappa shape index (κ2) is 4.98. The van der Waals surface area contributed by atoms with Crippen LogP contribution in [0.5, 0.6) is 5.75 Å². The zero-order valence-electron chi connectivity index (χ0n) is 9.12. The molecule has 1 aromatic carbocycles. The van der Waals surface area contributed by atoms with Gasteiger partial charge in [-0.1, -0.05) is 23.9 Å². The predicted molar refractivity (Wildman–Crippen MR) is 61.4 cm³/mol. The summed E-state index contributed by atoms with van der Waals surface area (Å²) in [5, 5.41) is 12.1. The Labute approximate surface area is 97.8 Å². The van der Waals surface area contributed by atoms with E-state index < -0.39 is 0 Å². The average Bonchev–Trinajstić information content (AvgIpc) is 2.72. The number of nitrogens with zero attached hydrogens (tertiary/aromatic N) is 4. The van der Waals surface area contributed by atoms with E-state index >= 15 is 0 Å². The van der Waals surface area contributed by atoms with Gasteiger partial charge in [-0.3, -0.25) is 0 Å². The lowest BCUT2D eigenvalue weighted by Crippen LogP contribution is -1.93. The molecule has 16 heavy (non-hydrogen) atoms. The Morgan fingerprint density at radius 3 is 3.00 bits per heavy atom. The Bertz CT molecular complexity index is 471. The fraction of sp³-hybridized carbons (Fsp3) is 0.300. The molecule has 2 aromatic rings. The molecule has 0 aliphatic heterocycles. The molecule has 0 radical (unpaired) electrons. The highest BCUT2D eigenvalue weighted by molar-refractivity contribution is 7.98. The van der Waals surface area contributed by atoms with Crippen molar-refractivity contribution in [2.24, 2.45) is 7.05 Å². The first-order valence-electron chi connectivity index (χ1n) is 4.77. The number of aryl methyl sites for hydroxylation is 1.